The smallest absolute Gasteiger partial charge is 0.0652 e. The maximum atomic E-state index is 8.08. The van der Waals surface area contributed by atoms with E-state index in [1.165, 1.54) is 0 Å². The molecule has 2 atom stereocenters. The molecule has 2 heteroatoms. The van der Waals surface area contributed by atoms with Crippen LogP contribution >= 0.6 is 11.6 Å². The molecular weight excluding hydrogens is 170 g/mol. The Morgan fingerprint density at radius 2 is 1.58 bits per heavy atom. The number of hydrogen-bond donors (Lipinski definition) is 0. The molecule has 2 unspecified atom stereocenters. The van der Waals surface area contributed by atoms with Crippen molar-refractivity contribution in [1.29, 1.82) is 5.26 Å². The van der Waals surface area contributed by atoms with E-state index in [0.29, 0.717) is 5.38 Å². The van der Waals surface area contributed by atoms with Crippen LogP contribution in [0.4, 0.5) is 0 Å². The maximum absolute atomic E-state index is 8.08. The second-order valence-electron chi connectivity index (χ2n) is 2.63. The van der Waals surface area contributed by atoms with Gasteiger partial charge in [-0.05, 0) is 26.7 Å². The zero-order valence-electron chi connectivity index (χ0n) is 7.89. The fourth-order valence-electron chi connectivity index (χ4n) is 0.0913. The Bertz CT molecular complexity index is 105. The average Bonchev–Trinajstić information content (AvgIpc) is 2.04. The molecule has 0 rings (SSSR count). The van der Waals surface area contributed by atoms with Crippen LogP contribution in [0, 0.1) is 17.2 Å². The highest BCUT2D eigenvalue weighted by Gasteiger charge is 1.88. The van der Waals surface area contributed by atoms with E-state index in [0.717, 1.165) is 12.8 Å². The topological polar surface area (TPSA) is 23.8 Å². The molecule has 0 aromatic heterocycles. The number of halogens is 1. The molecule has 1 nitrogen and oxygen atoms in total. The summed E-state index contributed by atoms with van der Waals surface area (Å²) in [6, 6.07) is 2.11. The van der Waals surface area contributed by atoms with Gasteiger partial charge >= 0.3 is 0 Å². The minimum Gasteiger partial charge on any atom is -0.198 e. The van der Waals surface area contributed by atoms with Gasteiger partial charge in [-0.1, -0.05) is 21.3 Å². The molecule has 0 spiro atoms. The third-order valence-electron chi connectivity index (χ3n) is 1.40. The van der Waals surface area contributed by atoms with Crippen LogP contribution in [-0.4, -0.2) is 5.38 Å². The standard InChI is InChI=1S/C5H9N.C4H9Cl.CH4/c1-3-5(2)4-6;1-3-4(2)5;/h5H,3H2,1-2H3;4H,3H2,1-2H3;1H4. The first-order valence-electron chi connectivity index (χ1n) is 4.12. The van der Waals surface area contributed by atoms with Crippen molar-refractivity contribution in [3.8, 4) is 6.07 Å². The first kappa shape index (κ1) is 17.8. The number of hydrogen-bond acceptors (Lipinski definition) is 1. The molecule has 0 aliphatic carbocycles. The lowest BCUT2D eigenvalue weighted by Crippen LogP contribution is -1.81. The van der Waals surface area contributed by atoms with Gasteiger partial charge < -0.3 is 0 Å². The van der Waals surface area contributed by atoms with E-state index < -0.39 is 0 Å². The van der Waals surface area contributed by atoms with E-state index in [2.05, 4.69) is 13.0 Å². The summed E-state index contributed by atoms with van der Waals surface area (Å²) in [5.74, 6) is 0.241. The quantitative estimate of drug-likeness (QED) is 0.600. The third kappa shape index (κ3) is 22.6. The van der Waals surface area contributed by atoms with Gasteiger partial charge in [0.15, 0.2) is 0 Å². The molecule has 0 heterocycles. The molecule has 0 fully saturated rings. The minimum atomic E-state index is 0. The number of rotatable bonds is 2. The molecule has 0 amide bonds. The third-order valence-corrected chi connectivity index (χ3v) is 1.70. The van der Waals surface area contributed by atoms with Crippen molar-refractivity contribution in [1.82, 2.24) is 0 Å². The Morgan fingerprint density at radius 1 is 1.25 bits per heavy atom. The molecular formula is C10H22ClN. The van der Waals surface area contributed by atoms with Crippen LogP contribution in [-0.2, 0) is 0 Å². The Balaban J connectivity index is -0.000000126. The fraction of sp³-hybridized carbons (Fsp3) is 0.900. The average molecular weight is 192 g/mol. The monoisotopic (exact) mass is 191 g/mol. The predicted molar refractivity (Wildman–Crippen MR) is 57.4 cm³/mol. The first-order valence-corrected chi connectivity index (χ1v) is 4.55. The molecule has 74 valence electrons. The largest absolute Gasteiger partial charge is 0.198 e. The van der Waals surface area contributed by atoms with Crippen LogP contribution in [0.3, 0.4) is 0 Å². The van der Waals surface area contributed by atoms with Gasteiger partial charge in [-0.2, -0.15) is 5.26 Å². The van der Waals surface area contributed by atoms with Gasteiger partial charge in [0.25, 0.3) is 0 Å². The van der Waals surface area contributed by atoms with Crippen molar-refractivity contribution in [2.45, 2.75) is 53.3 Å². The predicted octanol–water partition coefficient (Wildman–Crippen LogP) is 4.22. The highest BCUT2D eigenvalue weighted by Crippen LogP contribution is 1.95. The highest BCUT2D eigenvalue weighted by molar-refractivity contribution is 6.20. The summed E-state index contributed by atoms with van der Waals surface area (Å²) in [6.07, 6.45) is 2.04. The van der Waals surface area contributed by atoms with E-state index in [1.807, 2.05) is 20.8 Å². The van der Waals surface area contributed by atoms with Gasteiger partial charge in [-0.25, -0.2) is 0 Å². The van der Waals surface area contributed by atoms with Crippen LogP contribution in [0.1, 0.15) is 48.0 Å². The molecule has 0 radical (unpaired) electrons. The van der Waals surface area contributed by atoms with Crippen LogP contribution in [0.15, 0.2) is 0 Å². The highest BCUT2D eigenvalue weighted by atomic mass is 35.5. The zero-order chi connectivity index (χ0) is 9.28. The fourth-order valence-corrected chi connectivity index (χ4v) is 0.0913. The van der Waals surface area contributed by atoms with Crippen LogP contribution in [0.5, 0.6) is 0 Å². The Morgan fingerprint density at radius 3 is 1.58 bits per heavy atom. The van der Waals surface area contributed by atoms with Crippen LogP contribution in [0.2, 0.25) is 0 Å². The summed E-state index contributed by atoms with van der Waals surface area (Å²) in [6.45, 7) is 7.98. The first-order chi connectivity index (χ1) is 5.08. The van der Waals surface area contributed by atoms with Crippen molar-refractivity contribution < 1.29 is 0 Å². The lowest BCUT2D eigenvalue weighted by atomic mass is 10.2. The Labute approximate surface area is 82.7 Å². The van der Waals surface area contributed by atoms with Crippen molar-refractivity contribution in [3.05, 3.63) is 0 Å². The van der Waals surface area contributed by atoms with Crippen molar-refractivity contribution >= 4 is 11.6 Å². The van der Waals surface area contributed by atoms with Gasteiger partial charge in [0.05, 0.1) is 6.07 Å². The summed E-state index contributed by atoms with van der Waals surface area (Å²) in [7, 11) is 0. The number of alkyl halides is 1. The summed E-state index contributed by atoms with van der Waals surface area (Å²) >= 11 is 5.46. The normalized spacial score (nSPS) is 12.7. The lowest BCUT2D eigenvalue weighted by Gasteiger charge is -1.87. The van der Waals surface area contributed by atoms with Crippen LogP contribution in [0.25, 0.3) is 0 Å². The maximum Gasteiger partial charge on any atom is 0.0652 e. The molecule has 0 aliphatic heterocycles. The number of nitrogens with zero attached hydrogens (tertiary/aromatic N) is 1. The molecule has 12 heavy (non-hydrogen) atoms. The van der Waals surface area contributed by atoms with Crippen LogP contribution < -0.4 is 0 Å². The second-order valence-corrected chi connectivity index (χ2v) is 3.37. The van der Waals surface area contributed by atoms with Gasteiger partial charge in [-0.15, -0.1) is 11.6 Å². The van der Waals surface area contributed by atoms with Crippen molar-refractivity contribution in [2.75, 3.05) is 0 Å². The Kier molecular flexibility index (Phi) is 19.8. The van der Waals surface area contributed by atoms with Gasteiger partial charge in [0, 0.05) is 11.3 Å². The zero-order valence-corrected chi connectivity index (χ0v) is 8.65. The van der Waals surface area contributed by atoms with Crippen molar-refractivity contribution in [2.24, 2.45) is 5.92 Å². The van der Waals surface area contributed by atoms with E-state index >= 15 is 0 Å². The summed E-state index contributed by atoms with van der Waals surface area (Å²) in [5, 5.41) is 8.44. The van der Waals surface area contributed by atoms with E-state index in [-0.39, 0.29) is 13.3 Å². The van der Waals surface area contributed by atoms with Gasteiger partial charge in [0.2, 0.25) is 0 Å². The van der Waals surface area contributed by atoms with Gasteiger partial charge in [-0.3, -0.25) is 0 Å². The molecule has 0 saturated heterocycles. The van der Waals surface area contributed by atoms with Gasteiger partial charge in [0.1, 0.15) is 0 Å². The van der Waals surface area contributed by atoms with Crippen molar-refractivity contribution in [3.63, 3.8) is 0 Å². The molecule has 0 bridgehead atoms. The number of nitriles is 1. The summed E-state index contributed by atoms with van der Waals surface area (Å²) in [4.78, 5) is 0. The van der Waals surface area contributed by atoms with E-state index in [1.54, 1.807) is 0 Å². The molecule has 0 saturated carbocycles. The second kappa shape index (κ2) is 13.4. The minimum absolute atomic E-state index is 0. The van der Waals surface area contributed by atoms with E-state index in [4.69, 9.17) is 16.9 Å². The molecule has 0 aromatic carbocycles. The molecule has 0 N–H and O–H groups in total. The lowest BCUT2D eigenvalue weighted by molar-refractivity contribution is 0.713. The summed E-state index contributed by atoms with van der Waals surface area (Å²) in [5.41, 5.74) is 0. The molecule has 0 aliphatic rings. The summed E-state index contributed by atoms with van der Waals surface area (Å²) < 4.78 is 0. The SMILES string of the molecule is C.CCC(C)C#N.CCC(C)Cl. The Hall–Kier alpha value is -0.220. The molecule has 0 aromatic rings. The van der Waals surface area contributed by atoms with E-state index in [9.17, 15) is 0 Å².